The Morgan fingerprint density at radius 1 is 1.15 bits per heavy atom. The summed E-state index contributed by atoms with van der Waals surface area (Å²) in [6.07, 6.45) is 7.58. The number of ether oxygens (including phenoxy) is 2. The van der Waals surface area contributed by atoms with Crippen LogP contribution in [0.2, 0.25) is 0 Å². The van der Waals surface area contributed by atoms with Gasteiger partial charge in [0.25, 0.3) is 0 Å². The van der Waals surface area contributed by atoms with Crippen LogP contribution in [0.1, 0.15) is 46.0 Å². The highest BCUT2D eigenvalue weighted by Crippen LogP contribution is 2.24. The molecule has 4 nitrogen and oxygen atoms in total. The quantitative estimate of drug-likeness (QED) is 0.805. The van der Waals surface area contributed by atoms with Crippen LogP contribution in [0, 0.1) is 0 Å². The minimum Gasteiger partial charge on any atom is -0.376 e. The number of nitrogens with zero attached hydrogens (tertiary/aromatic N) is 1. The first-order valence-corrected chi connectivity index (χ1v) is 8.49. The summed E-state index contributed by atoms with van der Waals surface area (Å²) in [7, 11) is 0. The van der Waals surface area contributed by atoms with E-state index in [0.29, 0.717) is 24.4 Å². The van der Waals surface area contributed by atoms with Crippen LogP contribution in [0.4, 0.5) is 0 Å². The van der Waals surface area contributed by atoms with Gasteiger partial charge in [0.15, 0.2) is 0 Å². The minimum absolute atomic E-state index is 0.367. The van der Waals surface area contributed by atoms with Crippen LogP contribution in [0.5, 0.6) is 0 Å². The second-order valence-electron chi connectivity index (χ2n) is 6.80. The van der Waals surface area contributed by atoms with E-state index in [1.807, 2.05) is 0 Å². The lowest BCUT2D eigenvalue weighted by Gasteiger charge is -2.39. The van der Waals surface area contributed by atoms with Gasteiger partial charge in [0.1, 0.15) is 0 Å². The highest BCUT2D eigenvalue weighted by Gasteiger charge is 2.32. The summed E-state index contributed by atoms with van der Waals surface area (Å²) in [6.45, 7) is 8.52. The Morgan fingerprint density at radius 3 is 2.70 bits per heavy atom. The number of morpholine rings is 1. The predicted octanol–water partition coefficient (Wildman–Crippen LogP) is 1.79. The Morgan fingerprint density at radius 2 is 1.95 bits per heavy atom. The molecule has 1 N–H and O–H groups in total. The van der Waals surface area contributed by atoms with Crippen molar-refractivity contribution in [2.75, 3.05) is 26.2 Å². The third-order valence-electron chi connectivity index (χ3n) is 4.90. The van der Waals surface area contributed by atoms with E-state index in [-0.39, 0.29) is 0 Å². The summed E-state index contributed by atoms with van der Waals surface area (Å²) in [5.41, 5.74) is 0. The average molecular weight is 282 g/mol. The molecular formula is C16H30N2O2. The SMILES string of the molecule is CCC1COC(C)CN1CC1CCC(CNC2CC2)O1. The third-order valence-corrected chi connectivity index (χ3v) is 4.90. The predicted molar refractivity (Wildman–Crippen MR) is 80.0 cm³/mol. The topological polar surface area (TPSA) is 33.7 Å². The molecule has 0 bridgehead atoms. The maximum absolute atomic E-state index is 6.23. The van der Waals surface area contributed by atoms with Crippen LogP contribution < -0.4 is 5.32 Å². The largest absolute Gasteiger partial charge is 0.376 e. The summed E-state index contributed by atoms with van der Waals surface area (Å²) < 4.78 is 12.0. The molecule has 0 amide bonds. The summed E-state index contributed by atoms with van der Waals surface area (Å²) in [5.74, 6) is 0. The fraction of sp³-hybridized carbons (Fsp3) is 1.00. The number of nitrogens with one attached hydrogen (secondary N) is 1. The molecule has 1 saturated carbocycles. The minimum atomic E-state index is 0.367. The Balaban J connectivity index is 1.42. The molecule has 2 aliphatic heterocycles. The summed E-state index contributed by atoms with van der Waals surface area (Å²) in [6, 6.07) is 1.38. The fourth-order valence-corrected chi connectivity index (χ4v) is 3.42. The molecule has 2 heterocycles. The normalized spacial score (nSPS) is 39.3. The molecule has 0 aromatic heterocycles. The molecule has 20 heavy (non-hydrogen) atoms. The molecule has 4 heteroatoms. The van der Waals surface area contributed by atoms with Crippen molar-refractivity contribution < 1.29 is 9.47 Å². The Kier molecular flexibility index (Phi) is 4.97. The molecule has 3 fully saturated rings. The van der Waals surface area contributed by atoms with Gasteiger partial charge in [-0.3, -0.25) is 4.90 Å². The summed E-state index contributed by atoms with van der Waals surface area (Å²) in [5, 5.41) is 3.59. The second kappa shape index (κ2) is 6.73. The molecule has 2 saturated heterocycles. The van der Waals surface area contributed by atoms with Crippen molar-refractivity contribution in [1.29, 1.82) is 0 Å². The fourth-order valence-electron chi connectivity index (χ4n) is 3.42. The molecule has 3 rings (SSSR count). The highest BCUT2D eigenvalue weighted by molar-refractivity contribution is 4.86. The molecule has 3 aliphatic rings. The first kappa shape index (κ1) is 14.8. The molecule has 4 atom stereocenters. The van der Waals surface area contributed by atoms with Gasteiger partial charge in [-0.15, -0.1) is 0 Å². The van der Waals surface area contributed by atoms with Gasteiger partial charge < -0.3 is 14.8 Å². The van der Waals surface area contributed by atoms with Crippen molar-refractivity contribution in [3.63, 3.8) is 0 Å². The highest BCUT2D eigenvalue weighted by atomic mass is 16.5. The maximum Gasteiger partial charge on any atom is 0.0707 e. The monoisotopic (exact) mass is 282 g/mol. The molecule has 1 aliphatic carbocycles. The van der Waals surface area contributed by atoms with E-state index >= 15 is 0 Å². The van der Waals surface area contributed by atoms with Crippen molar-refractivity contribution in [1.82, 2.24) is 10.2 Å². The van der Waals surface area contributed by atoms with E-state index in [1.165, 1.54) is 32.1 Å². The van der Waals surface area contributed by atoms with E-state index in [2.05, 4.69) is 24.1 Å². The standard InChI is InChI=1S/C16H30N2O2/c1-3-14-11-19-12(2)9-18(14)10-16-7-6-15(20-16)8-17-13-4-5-13/h12-17H,3-11H2,1-2H3. The summed E-state index contributed by atoms with van der Waals surface area (Å²) in [4.78, 5) is 2.59. The lowest BCUT2D eigenvalue weighted by atomic mass is 10.1. The molecule has 0 radical (unpaired) electrons. The number of hydrogen-bond acceptors (Lipinski definition) is 4. The Bertz CT molecular complexity index is 309. The first-order chi connectivity index (χ1) is 9.74. The van der Waals surface area contributed by atoms with Crippen LogP contribution in [-0.4, -0.2) is 61.5 Å². The molecule has 0 spiro atoms. The first-order valence-electron chi connectivity index (χ1n) is 8.49. The molecule has 0 aromatic rings. The molecular weight excluding hydrogens is 252 g/mol. The van der Waals surface area contributed by atoms with Gasteiger partial charge in [0, 0.05) is 31.7 Å². The number of hydrogen-bond donors (Lipinski definition) is 1. The van der Waals surface area contributed by atoms with Crippen molar-refractivity contribution in [3.8, 4) is 0 Å². The van der Waals surface area contributed by atoms with Gasteiger partial charge in [-0.25, -0.2) is 0 Å². The van der Waals surface area contributed by atoms with Gasteiger partial charge in [-0.1, -0.05) is 6.92 Å². The van der Waals surface area contributed by atoms with E-state index < -0.39 is 0 Å². The van der Waals surface area contributed by atoms with Crippen LogP contribution in [0.25, 0.3) is 0 Å². The lowest BCUT2D eigenvalue weighted by molar-refractivity contribution is -0.0746. The maximum atomic E-state index is 6.23. The Labute approximate surface area is 123 Å². The van der Waals surface area contributed by atoms with Crippen molar-refractivity contribution >= 4 is 0 Å². The zero-order valence-electron chi connectivity index (χ0n) is 13.0. The van der Waals surface area contributed by atoms with E-state index in [0.717, 1.165) is 32.3 Å². The van der Waals surface area contributed by atoms with Gasteiger partial charge in [-0.2, -0.15) is 0 Å². The van der Waals surface area contributed by atoms with Crippen LogP contribution in [-0.2, 0) is 9.47 Å². The smallest absolute Gasteiger partial charge is 0.0707 e. The van der Waals surface area contributed by atoms with E-state index in [1.54, 1.807) is 0 Å². The zero-order valence-corrected chi connectivity index (χ0v) is 13.0. The molecule has 4 unspecified atom stereocenters. The van der Waals surface area contributed by atoms with Gasteiger partial charge >= 0.3 is 0 Å². The second-order valence-corrected chi connectivity index (χ2v) is 6.80. The van der Waals surface area contributed by atoms with Crippen LogP contribution in [0.15, 0.2) is 0 Å². The van der Waals surface area contributed by atoms with E-state index in [9.17, 15) is 0 Å². The van der Waals surface area contributed by atoms with Crippen LogP contribution >= 0.6 is 0 Å². The lowest BCUT2D eigenvalue weighted by Crippen LogP contribution is -2.51. The zero-order chi connectivity index (χ0) is 13.9. The van der Waals surface area contributed by atoms with Gasteiger partial charge in [0.05, 0.1) is 24.9 Å². The average Bonchev–Trinajstić information content (AvgIpc) is 3.17. The van der Waals surface area contributed by atoms with Crippen molar-refractivity contribution in [2.45, 2.75) is 76.3 Å². The van der Waals surface area contributed by atoms with Gasteiger partial charge in [0.2, 0.25) is 0 Å². The Hall–Kier alpha value is -0.160. The summed E-state index contributed by atoms with van der Waals surface area (Å²) >= 11 is 0. The van der Waals surface area contributed by atoms with Gasteiger partial charge in [-0.05, 0) is 39.0 Å². The van der Waals surface area contributed by atoms with E-state index in [4.69, 9.17) is 9.47 Å². The van der Waals surface area contributed by atoms with Crippen LogP contribution in [0.3, 0.4) is 0 Å². The molecule has 0 aromatic carbocycles. The van der Waals surface area contributed by atoms with Crippen molar-refractivity contribution in [2.24, 2.45) is 0 Å². The van der Waals surface area contributed by atoms with Crippen molar-refractivity contribution in [3.05, 3.63) is 0 Å². The number of rotatable bonds is 6. The molecule has 116 valence electrons. The third kappa shape index (κ3) is 3.94.